The van der Waals surface area contributed by atoms with E-state index in [2.05, 4.69) is 25.6 Å². The van der Waals surface area contributed by atoms with Crippen molar-refractivity contribution < 1.29 is 8.42 Å². The molecule has 1 aromatic carbocycles. The van der Waals surface area contributed by atoms with Gasteiger partial charge in [0, 0.05) is 10.5 Å². The first-order valence-corrected chi connectivity index (χ1v) is 9.17. The molecular formula is C12H12BrClN2O2S2. The predicted octanol–water partition coefficient (Wildman–Crippen LogP) is 3.91. The van der Waals surface area contributed by atoms with Crippen LogP contribution in [0.2, 0.25) is 4.47 Å². The van der Waals surface area contributed by atoms with E-state index in [-0.39, 0.29) is 14.7 Å². The van der Waals surface area contributed by atoms with Crippen molar-refractivity contribution in [3.8, 4) is 0 Å². The molecule has 0 radical (unpaired) electrons. The summed E-state index contributed by atoms with van der Waals surface area (Å²) in [5.41, 5.74) is 1.28. The summed E-state index contributed by atoms with van der Waals surface area (Å²) >= 11 is 10.1. The fraction of sp³-hybridized carbons (Fsp3) is 0.250. The maximum Gasteiger partial charge on any atom is 0.252 e. The molecule has 1 atom stereocenters. The maximum atomic E-state index is 12.3. The molecule has 1 N–H and O–H groups in total. The molecule has 0 bridgehead atoms. The summed E-state index contributed by atoms with van der Waals surface area (Å²) in [6, 6.07) is 7.14. The Morgan fingerprint density at radius 1 is 1.45 bits per heavy atom. The standard InChI is InChI=1S/C12H12BrClN2O2S2/c1-7(9-4-3-5-10(13)6-9)16-20(17,18)11-8(2)15-12(14)19-11/h3-7,16H,1-2H3. The van der Waals surface area contributed by atoms with Crippen LogP contribution in [0.1, 0.15) is 24.2 Å². The molecule has 4 nitrogen and oxygen atoms in total. The summed E-state index contributed by atoms with van der Waals surface area (Å²) < 4.78 is 28.6. The number of benzene rings is 1. The minimum absolute atomic E-state index is 0.157. The normalized spacial score (nSPS) is 13.4. The minimum atomic E-state index is -3.62. The van der Waals surface area contributed by atoms with Crippen molar-refractivity contribution in [2.75, 3.05) is 0 Å². The maximum absolute atomic E-state index is 12.3. The first kappa shape index (κ1) is 15.9. The number of hydrogen-bond acceptors (Lipinski definition) is 4. The number of rotatable bonds is 4. The molecule has 0 fully saturated rings. The lowest BCUT2D eigenvalue weighted by molar-refractivity contribution is 0.568. The van der Waals surface area contributed by atoms with Gasteiger partial charge in [-0.2, -0.15) is 0 Å². The molecule has 1 heterocycles. The molecule has 0 aliphatic carbocycles. The molecule has 0 spiro atoms. The monoisotopic (exact) mass is 394 g/mol. The van der Waals surface area contributed by atoms with Crippen LogP contribution in [-0.4, -0.2) is 13.4 Å². The van der Waals surface area contributed by atoms with Crippen LogP contribution < -0.4 is 4.72 Å². The Labute approximate surface area is 135 Å². The highest BCUT2D eigenvalue weighted by atomic mass is 79.9. The second-order valence-corrected chi connectivity index (χ2v) is 8.64. The van der Waals surface area contributed by atoms with Crippen molar-refractivity contribution in [3.63, 3.8) is 0 Å². The van der Waals surface area contributed by atoms with Gasteiger partial charge in [0.2, 0.25) is 0 Å². The van der Waals surface area contributed by atoms with Crippen LogP contribution in [0.15, 0.2) is 32.9 Å². The number of hydrogen-bond donors (Lipinski definition) is 1. The zero-order chi connectivity index (χ0) is 14.9. The molecule has 1 unspecified atom stereocenters. The van der Waals surface area contributed by atoms with Gasteiger partial charge in [0.15, 0.2) is 8.68 Å². The van der Waals surface area contributed by atoms with E-state index >= 15 is 0 Å². The Morgan fingerprint density at radius 3 is 2.70 bits per heavy atom. The Morgan fingerprint density at radius 2 is 2.15 bits per heavy atom. The molecule has 8 heteroatoms. The molecule has 2 rings (SSSR count). The van der Waals surface area contributed by atoms with Crippen LogP contribution in [0.3, 0.4) is 0 Å². The van der Waals surface area contributed by atoms with Gasteiger partial charge in [0.1, 0.15) is 0 Å². The second kappa shape index (κ2) is 6.11. The highest BCUT2D eigenvalue weighted by Gasteiger charge is 2.24. The SMILES string of the molecule is Cc1nc(Cl)sc1S(=O)(=O)NC(C)c1cccc(Br)c1. The van der Waals surface area contributed by atoms with Gasteiger partial charge in [-0.1, -0.05) is 51.0 Å². The Balaban J connectivity index is 2.27. The van der Waals surface area contributed by atoms with Gasteiger partial charge in [-0.3, -0.25) is 0 Å². The fourth-order valence-corrected chi connectivity index (χ4v) is 5.13. The number of nitrogens with one attached hydrogen (secondary N) is 1. The second-order valence-electron chi connectivity index (χ2n) is 4.24. The molecule has 108 valence electrons. The average molecular weight is 396 g/mol. The Kier molecular flexibility index (Phi) is 4.86. The number of aryl methyl sites for hydroxylation is 1. The first-order valence-electron chi connectivity index (χ1n) is 5.70. The molecule has 0 saturated carbocycles. The smallest absolute Gasteiger partial charge is 0.229 e. The molecule has 2 aromatic rings. The van der Waals surface area contributed by atoms with Gasteiger partial charge in [-0.15, -0.1) is 0 Å². The summed E-state index contributed by atoms with van der Waals surface area (Å²) in [4.78, 5) is 3.93. The third-order valence-electron chi connectivity index (χ3n) is 2.65. The Hall–Kier alpha value is -0.470. The van der Waals surface area contributed by atoms with E-state index in [1.807, 2.05) is 24.3 Å². The third-order valence-corrected chi connectivity index (χ3v) is 6.56. The number of nitrogens with zero attached hydrogens (tertiary/aromatic N) is 1. The lowest BCUT2D eigenvalue weighted by Crippen LogP contribution is -2.26. The lowest BCUT2D eigenvalue weighted by atomic mass is 10.1. The number of halogens is 2. The van der Waals surface area contributed by atoms with E-state index in [0.29, 0.717) is 5.69 Å². The summed E-state index contributed by atoms with van der Waals surface area (Å²) in [7, 11) is -3.62. The van der Waals surface area contributed by atoms with Gasteiger partial charge in [0.05, 0.1) is 5.69 Å². The lowest BCUT2D eigenvalue weighted by Gasteiger charge is -2.14. The number of aromatic nitrogens is 1. The molecule has 0 saturated heterocycles. The zero-order valence-electron chi connectivity index (χ0n) is 10.7. The number of sulfonamides is 1. The van der Waals surface area contributed by atoms with Crippen LogP contribution in [0, 0.1) is 6.92 Å². The van der Waals surface area contributed by atoms with Crippen LogP contribution in [0.25, 0.3) is 0 Å². The minimum Gasteiger partial charge on any atom is -0.229 e. The van der Waals surface area contributed by atoms with Gasteiger partial charge >= 0.3 is 0 Å². The third kappa shape index (κ3) is 3.59. The van der Waals surface area contributed by atoms with Crippen LogP contribution in [0.4, 0.5) is 0 Å². The summed E-state index contributed by atoms with van der Waals surface area (Å²) in [6.45, 7) is 3.41. The highest BCUT2D eigenvalue weighted by Crippen LogP contribution is 2.28. The molecule has 20 heavy (non-hydrogen) atoms. The van der Waals surface area contributed by atoms with E-state index in [9.17, 15) is 8.42 Å². The van der Waals surface area contributed by atoms with E-state index in [0.717, 1.165) is 21.4 Å². The van der Waals surface area contributed by atoms with Gasteiger partial charge in [-0.05, 0) is 31.5 Å². The molecular weight excluding hydrogens is 384 g/mol. The topological polar surface area (TPSA) is 59.1 Å². The van der Waals surface area contributed by atoms with Crippen molar-refractivity contribution in [1.29, 1.82) is 0 Å². The van der Waals surface area contributed by atoms with Crippen molar-refractivity contribution in [3.05, 3.63) is 44.5 Å². The molecule has 0 aliphatic heterocycles. The summed E-state index contributed by atoms with van der Waals surface area (Å²) in [6.07, 6.45) is 0. The molecule has 0 aliphatic rings. The number of thiazole rings is 1. The van der Waals surface area contributed by atoms with E-state index in [4.69, 9.17) is 11.6 Å². The largest absolute Gasteiger partial charge is 0.252 e. The molecule has 1 aromatic heterocycles. The van der Waals surface area contributed by atoms with Crippen molar-refractivity contribution >= 4 is 48.9 Å². The van der Waals surface area contributed by atoms with Crippen LogP contribution >= 0.6 is 38.9 Å². The van der Waals surface area contributed by atoms with Gasteiger partial charge in [0.25, 0.3) is 10.0 Å². The quantitative estimate of drug-likeness (QED) is 0.854. The van der Waals surface area contributed by atoms with Crippen molar-refractivity contribution in [2.45, 2.75) is 24.1 Å². The van der Waals surface area contributed by atoms with Gasteiger partial charge in [-0.25, -0.2) is 18.1 Å². The van der Waals surface area contributed by atoms with E-state index in [1.54, 1.807) is 13.8 Å². The zero-order valence-corrected chi connectivity index (χ0v) is 14.7. The Bertz CT molecular complexity index is 731. The molecule has 0 amide bonds. The van der Waals surface area contributed by atoms with Crippen LogP contribution in [-0.2, 0) is 10.0 Å². The summed E-state index contributed by atoms with van der Waals surface area (Å²) in [5.74, 6) is 0. The van der Waals surface area contributed by atoms with E-state index in [1.165, 1.54) is 0 Å². The van der Waals surface area contributed by atoms with Crippen LogP contribution in [0.5, 0.6) is 0 Å². The average Bonchev–Trinajstić information content (AvgIpc) is 2.69. The highest BCUT2D eigenvalue weighted by molar-refractivity contribution is 9.10. The van der Waals surface area contributed by atoms with Crippen molar-refractivity contribution in [1.82, 2.24) is 9.71 Å². The van der Waals surface area contributed by atoms with E-state index < -0.39 is 10.0 Å². The first-order chi connectivity index (χ1) is 9.29. The van der Waals surface area contributed by atoms with Gasteiger partial charge < -0.3 is 0 Å². The summed E-state index contributed by atoms with van der Waals surface area (Å²) in [5, 5.41) is 0. The van der Waals surface area contributed by atoms with Crippen molar-refractivity contribution in [2.24, 2.45) is 0 Å². The fourth-order valence-electron chi connectivity index (χ4n) is 1.73. The predicted molar refractivity (Wildman–Crippen MR) is 84.7 cm³/mol.